The topological polar surface area (TPSA) is 83.9 Å². The van der Waals surface area contributed by atoms with Gasteiger partial charge in [-0.15, -0.1) is 0 Å². The first-order valence-electron chi connectivity index (χ1n) is 14.5. The summed E-state index contributed by atoms with van der Waals surface area (Å²) in [4.78, 5) is 15.2. The summed E-state index contributed by atoms with van der Waals surface area (Å²) in [5, 5.41) is 3.21. The maximum absolute atomic E-state index is 13.9. The maximum Gasteiger partial charge on any atom is 0.250 e. The molecule has 1 aromatic carbocycles. The van der Waals surface area contributed by atoms with Crippen molar-refractivity contribution < 1.29 is 26.7 Å². The molecule has 1 saturated carbocycles. The molecule has 3 aliphatic rings. The number of carbonyl (C=O) groups excluding carboxylic acids is 1. The van der Waals surface area contributed by atoms with Crippen LogP contribution in [0.4, 0.5) is 8.78 Å². The molecule has 0 bridgehead atoms. The summed E-state index contributed by atoms with van der Waals surface area (Å²) >= 11 is 12.8. The van der Waals surface area contributed by atoms with E-state index >= 15 is 0 Å². The fourth-order valence-corrected chi connectivity index (χ4v) is 9.07. The average Bonchev–Trinajstić information content (AvgIpc) is 3.43. The number of hydrogen-bond acceptors (Lipinski definition) is 5. The number of ether oxygens (including phenoxy) is 1. The highest BCUT2D eigenvalue weighted by molar-refractivity contribution is 7.89. The lowest BCUT2D eigenvalue weighted by Gasteiger charge is -2.41. The van der Waals surface area contributed by atoms with Crippen molar-refractivity contribution in [3.63, 3.8) is 0 Å². The predicted octanol–water partition coefficient (Wildman–Crippen LogP) is 5.41. The molecular weight excluding hydrogens is 609 g/mol. The number of fused-ring (bicyclic) bond motifs is 1. The van der Waals surface area contributed by atoms with Crippen molar-refractivity contribution in [2.75, 3.05) is 26.2 Å². The molecule has 1 N–H and O–H groups in total. The van der Waals surface area contributed by atoms with Gasteiger partial charge in [-0.25, -0.2) is 17.2 Å². The second kappa shape index (κ2) is 12.7. The van der Waals surface area contributed by atoms with E-state index in [1.165, 1.54) is 10.4 Å². The molecule has 8 nitrogen and oxygen atoms in total. The Kier molecular flexibility index (Phi) is 9.57. The van der Waals surface area contributed by atoms with Crippen molar-refractivity contribution in [1.29, 1.82) is 0 Å². The molecule has 1 aliphatic carbocycles. The Bertz CT molecular complexity index is 1400. The molecule has 13 heteroatoms. The van der Waals surface area contributed by atoms with Crippen LogP contribution in [0.2, 0.25) is 10.0 Å². The molecule has 2 fully saturated rings. The van der Waals surface area contributed by atoms with Crippen LogP contribution in [-0.2, 0) is 26.1 Å². The summed E-state index contributed by atoms with van der Waals surface area (Å²) in [6.07, 6.45) is 4.19. The van der Waals surface area contributed by atoms with Crippen LogP contribution in [0.1, 0.15) is 62.7 Å². The zero-order chi connectivity index (χ0) is 30.2. The van der Waals surface area contributed by atoms with E-state index in [2.05, 4.69) is 10.2 Å². The molecule has 3 heterocycles. The van der Waals surface area contributed by atoms with Gasteiger partial charge in [-0.05, 0) is 63.3 Å². The third-order valence-electron chi connectivity index (χ3n) is 8.84. The highest BCUT2D eigenvalue weighted by Gasteiger charge is 2.40. The van der Waals surface area contributed by atoms with Crippen LogP contribution in [-0.4, -0.2) is 78.4 Å². The van der Waals surface area contributed by atoms with Crippen molar-refractivity contribution in [3.8, 4) is 0 Å². The van der Waals surface area contributed by atoms with E-state index in [9.17, 15) is 22.0 Å². The van der Waals surface area contributed by atoms with E-state index in [4.69, 9.17) is 27.9 Å². The number of aryl methyl sites for hydroxylation is 1. The summed E-state index contributed by atoms with van der Waals surface area (Å²) < 4.78 is 64.5. The summed E-state index contributed by atoms with van der Waals surface area (Å²) in [6, 6.07) is 6.30. The average molecular weight is 648 g/mol. The number of piperidine rings is 1. The van der Waals surface area contributed by atoms with Crippen LogP contribution in [0.15, 0.2) is 35.4 Å². The van der Waals surface area contributed by atoms with Crippen molar-refractivity contribution >= 4 is 39.1 Å². The second-order valence-electron chi connectivity index (χ2n) is 11.7. The lowest BCUT2D eigenvalue weighted by atomic mass is 9.88. The Morgan fingerprint density at radius 1 is 1.14 bits per heavy atom. The van der Waals surface area contributed by atoms with Gasteiger partial charge in [0, 0.05) is 63.0 Å². The van der Waals surface area contributed by atoms with E-state index in [0.717, 1.165) is 25.0 Å². The van der Waals surface area contributed by atoms with Crippen molar-refractivity contribution in [2.45, 2.75) is 94.0 Å². The number of alkyl halides is 2. The van der Waals surface area contributed by atoms with Gasteiger partial charge in [-0.2, -0.15) is 4.31 Å². The molecular formula is C29H38Cl2F2N4O4S. The Morgan fingerprint density at radius 3 is 2.62 bits per heavy atom. The van der Waals surface area contributed by atoms with Crippen LogP contribution >= 0.6 is 23.2 Å². The molecule has 2 aliphatic heterocycles. The molecule has 2 aromatic rings. The van der Waals surface area contributed by atoms with Gasteiger partial charge in [0.25, 0.3) is 5.92 Å². The summed E-state index contributed by atoms with van der Waals surface area (Å²) in [5.74, 6) is -2.87. The van der Waals surface area contributed by atoms with Crippen molar-refractivity contribution in [2.24, 2.45) is 0 Å². The van der Waals surface area contributed by atoms with Gasteiger partial charge in [0.1, 0.15) is 11.0 Å². The van der Waals surface area contributed by atoms with E-state index < -0.39 is 28.1 Å². The minimum absolute atomic E-state index is 0.0445. The minimum atomic E-state index is -4.11. The quantitative estimate of drug-likeness (QED) is 0.415. The Labute approximate surface area is 256 Å². The molecule has 4 atom stereocenters. The zero-order valence-corrected chi connectivity index (χ0v) is 26.2. The Hall–Kier alpha value is -1.76. The number of aromatic nitrogens is 1. The second-order valence-corrected chi connectivity index (χ2v) is 14.3. The molecule has 1 aromatic heterocycles. The van der Waals surface area contributed by atoms with E-state index in [0.29, 0.717) is 31.6 Å². The van der Waals surface area contributed by atoms with Crippen LogP contribution in [0.5, 0.6) is 0 Å². The fraction of sp³-hybridized carbons (Fsp3) is 0.621. The molecule has 232 valence electrons. The van der Waals surface area contributed by atoms with E-state index in [1.807, 2.05) is 22.9 Å². The molecule has 0 spiro atoms. The van der Waals surface area contributed by atoms with E-state index in [1.54, 1.807) is 19.9 Å². The normalized spacial score (nSPS) is 26.0. The largest absolute Gasteiger partial charge is 0.367 e. The Morgan fingerprint density at radius 2 is 1.88 bits per heavy atom. The number of halogens is 4. The smallest absolute Gasteiger partial charge is 0.250 e. The number of rotatable bonds is 8. The molecule has 1 saturated heterocycles. The summed E-state index contributed by atoms with van der Waals surface area (Å²) in [6.45, 7) is 4.71. The Balaban J connectivity index is 1.24. The van der Waals surface area contributed by atoms with Crippen LogP contribution in [0.25, 0.3) is 0 Å². The van der Waals surface area contributed by atoms with Gasteiger partial charge < -0.3 is 14.6 Å². The fourth-order valence-electron chi connectivity index (χ4n) is 6.36. The monoisotopic (exact) mass is 646 g/mol. The van der Waals surface area contributed by atoms with Gasteiger partial charge in [0.2, 0.25) is 15.9 Å². The number of carbonyl (C=O) groups is 1. The van der Waals surface area contributed by atoms with E-state index in [-0.39, 0.29) is 58.9 Å². The number of nitrogens with one attached hydrogen (secondary N) is 1. The van der Waals surface area contributed by atoms with Gasteiger partial charge in [0.05, 0.1) is 22.7 Å². The van der Waals surface area contributed by atoms with Gasteiger partial charge in [-0.1, -0.05) is 29.3 Å². The highest BCUT2D eigenvalue weighted by Crippen LogP contribution is 2.39. The van der Waals surface area contributed by atoms with Crippen LogP contribution < -0.4 is 5.32 Å². The number of nitrogens with zero attached hydrogens (tertiary/aromatic N) is 3. The maximum atomic E-state index is 13.9. The predicted molar refractivity (Wildman–Crippen MR) is 158 cm³/mol. The molecule has 1 amide bonds. The molecule has 4 unspecified atom stereocenters. The first kappa shape index (κ1) is 31.7. The molecule has 42 heavy (non-hydrogen) atoms. The molecule has 5 rings (SSSR count). The number of benzene rings is 1. The lowest BCUT2D eigenvalue weighted by molar-refractivity contribution is -0.133. The SMILES string of the molecule is Cc1ccc(Cl)c(S(=O)(=O)N2CCn3cccc3C2COC(C)C(=O)NC2CCCC(N3CCC(F)(F)CC3)C2)c1Cl. The number of hydrogen-bond donors (Lipinski definition) is 1. The number of likely N-dealkylation sites (tertiary alicyclic amines) is 1. The number of amides is 1. The lowest BCUT2D eigenvalue weighted by Crippen LogP contribution is -2.51. The summed E-state index contributed by atoms with van der Waals surface area (Å²) in [7, 11) is -4.11. The third kappa shape index (κ3) is 6.66. The standard InChI is InChI=1S/C29H38Cl2F2N4O4S/c1-19-8-9-23(30)27(26(19)31)42(39,40)37-16-15-36-12-4-7-24(36)25(37)18-41-20(2)28(38)34-21-5-3-6-22(17-21)35-13-10-29(32,33)11-14-35/h4,7-9,12,20-22,25H,3,5-6,10-11,13-18H2,1-2H3,(H,34,38). The zero-order valence-electron chi connectivity index (χ0n) is 23.9. The summed E-state index contributed by atoms with van der Waals surface area (Å²) in [5.41, 5.74) is 1.35. The van der Waals surface area contributed by atoms with Gasteiger partial charge >= 0.3 is 0 Å². The van der Waals surface area contributed by atoms with Gasteiger partial charge in [-0.3, -0.25) is 9.69 Å². The third-order valence-corrected chi connectivity index (χ3v) is 11.9. The first-order valence-corrected chi connectivity index (χ1v) is 16.7. The highest BCUT2D eigenvalue weighted by atomic mass is 35.5. The minimum Gasteiger partial charge on any atom is -0.367 e. The van der Waals surface area contributed by atoms with Crippen LogP contribution in [0, 0.1) is 6.92 Å². The number of sulfonamides is 1. The van der Waals surface area contributed by atoms with Crippen LogP contribution in [0.3, 0.4) is 0 Å². The van der Waals surface area contributed by atoms with Gasteiger partial charge in [0.15, 0.2) is 0 Å². The van der Waals surface area contributed by atoms with Crippen molar-refractivity contribution in [1.82, 2.24) is 19.1 Å². The van der Waals surface area contributed by atoms with Crippen molar-refractivity contribution in [3.05, 3.63) is 51.8 Å². The molecule has 0 radical (unpaired) electrons. The first-order chi connectivity index (χ1) is 19.9.